The summed E-state index contributed by atoms with van der Waals surface area (Å²) in [5.41, 5.74) is 3.97. The SMILES string of the molecule is CO[C@H](C(=O)N/N=C\c1ccc(OCC(=O)NCc2ccco2)cc1)c1ccccc1. The molecule has 2 N–H and O–H groups in total. The Hall–Kier alpha value is -3.91. The standard InChI is InChI=1S/C23H23N3O5/c1-29-22(18-6-3-2-4-7-18)23(28)26-25-14-17-9-11-19(12-10-17)31-16-21(27)24-15-20-8-5-13-30-20/h2-14,22H,15-16H2,1H3,(H,24,27)(H,26,28)/b25-14-/t22-/m0/s1. The zero-order chi connectivity index (χ0) is 21.9. The van der Waals surface area contributed by atoms with Crippen LogP contribution < -0.4 is 15.5 Å². The summed E-state index contributed by atoms with van der Waals surface area (Å²) >= 11 is 0. The van der Waals surface area contributed by atoms with Crippen LogP contribution in [0, 0.1) is 0 Å². The topological polar surface area (TPSA) is 102 Å². The fourth-order valence-electron chi connectivity index (χ4n) is 2.70. The predicted molar refractivity (Wildman–Crippen MR) is 114 cm³/mol. The number of furan rings is 1. The van der Waals surface area contributed by atoms with Gasteiger partial charge in [0.25, 0.3) is 11.8 Å². The number of hydrogen-bond donors (Lipinski definition) is 2. The second-order valence-corrected chi connectivity index (χ2v) is 6.47. The molecule has 31 heavy (non-hydrogen) atoms. The van der Waals surface area contributed by atoms with Gasteiger partial charge in [0.1, 0.15) is 11.5 Å². The van der Waals surface area contributed by atoms with Crippen LogP contribution in [0.4, 0.5) is 0 Å². The van der Waals surface area contributed by atoms with Crippen molar-refractivity contribution in [3.05, 3.63) is 89.9 Å². The Morgan fingerprint density at radius 1 is 1.06 bits per heavy atom. The molecular weight excluding hydrogens is 398 g/mol. The number of methoxy groups -OCH3 is 1. The highest BCUT2D eigenvalue weighted by molar-refractivity contribution is 5.85. The van der Waals surface area contributed by atoms with E-state index < -0.39 is 6.10 Å². The fraction of sp³-hybridized carbons (Fsp3) is 0.174. The number of benzene rings is 2. The van der Waals surface area contributed by atoms with E-state index in [1.54, 1.807) is 42.7 Å². The number of nitrogens with zero attached hydrogens (tertiary/aromatic N) is 1. The van der Waals surface area contributed by atoms with Crippen LogP contribution in [0.15, 0.2) is 82.5 Å². The van der Waals surface area contributed by atoms with E-state index in [1.807, 2.05) is 30.3 Å². The van der Waals surface area contributed by atoms with Gasteiger partial charge in [-0.25, -0.2) is 5.43 Å². The molecule has 0 aliphatic rings. The van der Waals surface area contributed by atoms with Gasteiger partial charge in [-0.05, 0) is 47.5 Å². The highest BCUT2D eigenvalue weighted by atomic mass is 16.5. The molecule has 3 aromatic rings. The van der Waals surface area contributed by atoms with Crippen molar-refractivity contribution in [3.8, 4) is 5.75 Å². The van der Waals surface area contributed by atoms with Gasteiger partial charge in [-0.2, -0.15) is 5.10 Å². The van der Waals surface area contributed by atoms with Crippen LogP contribution in [-0.4, -0.2) is 31.7 Å². The predicted octanol–water partition coefficient (Wildman–Crippen LogP) is 2.81. The van der Waals surface area contributed by atoms with Crippen molar-refractivity contribution in [1.29, 1.82) is 0 Å². The minimum absolute atomic E-state index is 0.109. The van der Waals surface area contributed by atoms with Crippen molar-refractivity contribution >= 4 is 18.0 Å². The molecule has 0 spiro atoms. The summed E-state index contributed by atoms with van der Waals surface area (Å²) in [6.45, 7) is 0.201. The van der Waals surface area contributed by atoms with Crippen LogP contribution in [0.3, 0.4) is 0 Å². The maximum absolute atomic E-state index is 12.3. The van der Waals surface area contributed by atoms with Gasteiger partial charge in [-0.3, -0.25) is 9.59 Å². The van der Waals surface area contributed by atoms with Crippen molar-refractivity contribution in [3.63, 3.8) is 0 Å². The molecule has 3 rings (SSSR count). The number of hydrazone groups is 1. The second-order valence-electron chi connectivity index (χ2n) is 6.47. The number of nitrogens with one attached hydrogen (secondary N) is 2. The molecule has 0 radical (unpaired) electrons. The van der Waals surface area contributed by atoms with Gasteiger partial charge in [-0.1, -0.05) is 30.3 Å². The van der Waals surface area contributed by atoms with Gasteiger partial charge in [0.05, 0.1) is 19.0 Å². The van der Waals surface area contributed by atoms with Crippen LogP contribution in [-0.2, 0) is 20.9 Å². The van der Waals surface area contributed by atoms with Crippen LogP contribution in [0.25, 0.3) is 0 Å². The van der Waals surface area contributed by atoms with Crippen LogP contribution >= 0.6 is 0 Å². The third kappa shape index (κ3) is 6.83. The average molecular weight is 421 g/mol. The zero-order valence-corrected chi connectivity index (χ0v) is 17.0. The van der Waals surface area contributed by atoms with Crippen molar-refractivity contribution < 1.29 is 23.5 Å². The highest BCUT2D eigenvalue weighted by Crippen LogP contribution is 2.16. The lowest BCUT2D eigenvalue weighted by Crippen LogP contribution is -2.28. The highest BCUT2D eigenvalue weighted by Gasteiger charge is 2.19. The van der Waals surface area contributed by atoms with Crippen molar-refractivity contribution in [2.75, 3.05) is 13.7 Å². The van der Waals surface area contributed by atoms with Crippen molar-refractivity contribution in [2.45, 2.75) is 12.6 Å². The molecular formula is C23H23N3O5. The first-order valence-corrected chi connectivity index (χ1v) is 9.58. The van der Waals surface area contributed by atoms with E-state index >= 15 is 0 Å². The summed E-state index contributed by atoms with van der Waals surface area (Å²) in [5, 5.41) is 6.67. The normalized spacial score (nSPS) is 11.8. The molecule has 1 heterocycles. The van der Waals surface area contributed by atoms with E-state index in [-0.39, 0.29) is 18.4 Å². The number of hydrogen-bond acceptors (Lipinski definition) is 6. The number of ether oxygens (including phenoxy) is 2. The molecule has 2 aromatic carbocycles. The summed E-state index contributed by atoms with van der Waals surface area (Å²) in [4.78, 5) is 24.1. The van der Waals surface area contributed by atoms with E-state index in [4.69, 9.17) is 13.9 Å². The zero-order valence-electron chi connectivity index (χ0n) is 17.0. The quantitative estimate of drug-likeness (QED) is 0.387. The van der Waals surface area contributed by atoms with Gasteiger partial charge in [-0.15, -0.1) is 0 Å². The Bertz CT molecular complexity index is 986. The molecule has 2 amide bonds. The Labute approximate surface area is 179 Å². The largest absolute Gasteiger partial charge is 0.484 e. The lowest BCUT2D eigenvalue weighted by atomic mass is 10.1. The number of amides is 2. The summed E-state index contributed by atoms with van der Waals surface area (Å²) in [6, 6.07) is 19.7. The molecule has 0 unspecified atom stereocenters. The Kier molecular flexibility index (Phi) is 7.96. The molecule has 0 aliphatic heterocycles. The molecule has 1 aromatic heterocycles. The summed E-state index contributed by atoms with van der Waals surface area (Å²) in [7, 11) is 1.47. The fourth-order valence-corrected chi connectivity index (χ4v) is 2.70. The average Bonchev–Trinajstić information content (AvgIpc) is 3.32. The molecule has 8 nitrogen and oxygen atoms in total. The number of carbonyl (C=O) groups excluding carboxylic acids is 2. The lowest BCUT2D eigenvalue weighted by molar-refractivity contribution is -0.131. The molecule has 0 saturated carbocycles. The third-order valence-electron chi connectivity index (χ3n) is 4.25. The van der Waals surface area contributed by atoms with Gasteiger partial charge < -0.3 is 19.2 Å². The van der Waals surface area contributed by atoms with Crippen molar-refractivity contribution in [2.24, 2.45) is 5.10 Å². The first-order valence-electron chi connectivity index (χ1n) is 9.58. The Morgan fingerprint density at radius 2 is 1.84 bits per heavy atom. The Balaban J connectivity index is 1.43. The first-order chi connectivity index (χ1) is 15.2. The first kappa shape index (κ1) is 21.8. The number of rotatable bonds is 10. The maximum atomic E-state index is 12.3. The van der Waals surface area contributed by atoms with E-state index in [9.17, 15) is 9.59 Å². The second kappa shape index (κ2) is 11.3. The minimum Gasteiger partial charge on any atom is -0.484 e. The number of carbonyl (C=O) groups is 2. The minimum atomic E-state index is -0.743. The van der Waals surface area contributed by atoms with Crippen LogP contribution in [0.2, 0.25) is 0 Å². The van der Waals surface area contributed by atoms with Crippen LogP contribution in [0.5, 0.6) is 5.75 Å². The summed E-state index contributed by atoms with van der Waals surface area (Å²) in [6.07, 6.45) is 2.32. The van der Waals surface area contributed by atoms with E-state index in [1.165, 1.54) is 13.3 Å². The smallest absolute Gasteiger partial charge is 0.273 e. The summed E-state index contributed by atoms with van der Waals surface area (Å²) < 4.78 is 15.9. The molecule has 0 saturated heterocycles. The third-order valence-corrected chi connectivity index (χ3v) is 4.25. The van der Waals surface area contributed by atoms with E-state index in [0.29, 0.717) is 18.1 Å². The summed E-state index contributed by atoms with van der Waals surface area (Å²) in [5.74, 6) is 0.587. The lowest BCUT2D eigenvalue weighted by Gasteiger charge is -2.13. The molecule has 0 fully saturated rings. The van der Waals surface area contributed by atoms with Gasteiger partial charge >= 0.3 is 0 Å². The van der Waals surface area contributed by atoms with Gasteiger partial charge in [0, 0.05) is 7.11 Å². The van der Waals surface area contributed by atoms with Crippen molar-refractivity contribution in [1.82, 2.24) is 10.7 Å². The van der Waals surface area contributed by atoms with Crippen LogP contribution in [0.1, 0.15) is 23.0 Å². The van der Waals surface area contributed by atoms with E-state index in [0.717, 1.165) is 11.1 Å². The maximum Gasteiger partial charge on any atom is 0.273 e. The Morgan fingerprint density at radius 3 is 2.52 bits per heavy atom. The van der Waals surface area contributed by atoms with Gasteiger partial charge in [0.15, 0.2) is 12.7 Å². The van der Waals surface area contributed by atoms with E-state index in [2.05, 4.69) is 15.8 Å². The molecule has 0 bridgehead atoms. The molecule has 160 valence electrons. The monoisotopic (exact) mass is 421 g/mol. The van der Waals surface area contributed by atoms with Gasteiger partial charge in [0.2, 0.25) is 0 Å². The molecule has 8 heteroatoms. The molecule has 1 atom stereocenters. The molecule has 0 aliphatic carbocycles.